The van der Waals surface area contributed by atoms with Crippen LogP contribution in [0.25, 0.3) is 5.57 Å². The van der Waals surface area contributed by atoms with E-state index in [0.717, 1.165) is 19.4 Å². The van der Waals surface area contributed by atoms with Crippen molar-refractivity contribution in [2.24, 2.45) is 0 Å². The predicted octanol–water partition coefficient (Wildman–Crippen LogP) is 4.39. The fourth-order valence-corrected chi connectivity index (χ4v) is 3.66. The largest absolute Gasteiger partial charge is 0.444 e. The molecule has 0 bridgehead atoms. The summed E-state index contributed by atoms with van der Waals surface area (Å²) in [4.78, 5) is 27.8. The Hall–Kier alpha value is -2.30. The maximum atomic E-state index is 12.2. The molecule has 0 saturated carbocycles. The number of hydrogen-bond acceptors (Lipinski definition) is 3. The highest BCUT2D eigenvalue weighted by Crippen LogP contribution is 2.28. The smallest absolute Gasteiger partial charge is 0.410 e. The topological polar surface area (TPSA) is 49.9 Å². The minimum absolute atomic E-state index is 0.122. The van der Waals surface area contributed by atoms with Crippen LogP contribution < -0.4 is 0 Å². The van der Waals surface area contributed by atoms with Gasteiger partial charge in [-0.15, -0.1) is 0 Å². The standard InChI is InChI=1S/C22H30N2O3/c1-16(24-13-5-6-20(24)25)17-7-9-18(10-8-17)19-11-14-23(15-12-19)21(26)27-22(2,3)4/h7-11,16H,5-6,12-15H2,1-4H3/t16-/m0/s1. The van der Waals surface area contributed by atoms with Crippen molar-refractivity contribution in [2.75, 3.05) is 19.6 Å². The first kappa shape index (κ1) is 19.5. The normalized spacial score (nSPS) is 19.1. The third-order valence-electron chi connectivity index (χ3n) is 5.20. The Morgan fingerprint density at radius 3 is 2.33 bits per heavy atom. The third-order valence-corrected chi connectivity index (χ3v) is 5.20. The minimum atomic E-state index is -0.468. The molecule has 27 heavy (non-hydrogen) atoms. The molecule has 0 N–H and O–H groups in total. The molecule has 1 aromatic carbocycles. The number of hydrogen-bond donors (Lipinski definition) is 0. The Morgan fingerprint density at radius 2 is 1.81 bits per heavy atom. The van der Waals surface area contributed by atoms with E-state index >= 15 is 0 Å². The quantitative estimate of drug-likeness (QED) is 0.793. The maximum absolute atomic E-state index is 12.2. The van der Waals surface area contributed by atoms with Crippen LogP contribution in [0.3, 0.4) is 0 Å². The molecule has 0 radical (unpaired) electrons. The summed E-state index contributed by atoms with van der Waals surface area (Å²) < 4.78 is 5.44. The second kappa shape index (κ2) is 7.75. The number of benzene rings is 1. The van der Waals surface area contributed by atoms with Crippen LogP contribution in [0.4, 0.5) is 4.79 Å². The Balaban J connectivity index is 1.62. The molecule has 2 amide bonds. The second-order valence-electron chi connectivity index (χ2n) is 8.39. The van der Waals surface area contributed by atoms with Crippen LogP contribution in [0.15, 0.2) is 30.3 Å². The average Bonchev–Trinajstić information content (AvgIpc) is 3.06. The highest BCUT2D eigenvalue weighted by Gasteiger charge is 2.26. The molecule has 1 aromatic rings. The number of carbonyl (C=O) groups excluding carboxylic acids is 2. The first-order valence-electron chi connectivity index (χ1n) is 9.81. The molecule has 1 fully saturated rings. The number of rotatable bonds is 3. The van der Waals surface area contributed by atoms with Gasteiger partial charge in [-0.25, -0.2) is 4.79 Å². The molecule has 2 aliphatic rings. The molecule has 146 valence electrons. The van der Waals surface area contributed by atoms with E-state index in [2.05, 4.69) is 37.3 Å². The number of nitrogens with zero attached hydrogens (tertiary/aromatic N) is 2. The zero-order valence-corrected chi connectivity index (χ0v) is 16.8. The van der Waals surface area contributed by atoms with Crippen molar-refractivity contribution in [1.29, 1.82) is 0 Å². The Labute approximate surface area is 162 Å². The number of carbonyl (C=O) groups is 2. The van der Waals surface area contributed by atoms with Crippen LogP contribution in [0, 0.1) is 0 Å². The van der Waals surface area contributed by atoms with Crippen LogP contribution >= 0.6 is 0 Å². The van der Waals surface area contributed by atoms with Gasteiger partial charge < -0.3 is 14.5 Å². The summed E-state index contributed by atoms with van der Waals surface area (Å²) in [7, 11) is 0. The first-order valence-corrected chi connectivity index (χ1v) is 9.81. The van der Waals surface area contributed by atoms with E-state index in [0.29, 0.717) is 19.5 Å². The Bertz CT molecular complexity index is 731. The zero-order valence-electron chi connectivity index (χ0n) is 16.8. The van der Waals surface area contributed by atoms with Gasteiger partial charge in [0.2, 0.25) is 5.91 Å². The van der Waals surface area contributed by atoms with E-state index in [-0.39, 0.29) is 18.0 Å². The van der Waals surface area contributed by atoms with Crippen molar-refractivity contribution in [3.05, 3.63) is 41.5 Å². The summed E-state index contributed by atoms with van der Waals surface area (Å²) in [6.45, 7) is 9.84. The van der Waals surface area contributed by atoms with E-state index in [1.807, 2.05) is 25.7 Å². The molecule has 2 heterocycles. The van der Waals surface area contributed by atoms with Gasteiger partial charge >= 0.3 is 6.09 Å². The molecule has 0 aromatic heterocycles. The van der Waals surface area contributed by atoms with E-state index in [1.165, 1.54) is 16.7 Å². The van der Waals surface area contributed by atoms with Crippen molar-refractivity contribution >= 4 is 17.6 Å². The molecule has 0 unspecified atom stereocenters. The van der Waals surface area contributed by atoms with Crippen molar-refractivity contribution < 1.29 is 14.3 Å². The van der Waals surface area contributed by atoms with Crippen LogP contribution in [0.5, 0.6) is 0 Å². The lowest BCUT2D eigenvalue weighted by atomic mass is 9.97. The Kier molecular flexibility index (Phi) is 5.59. The van der Waals surface area contributed by atoms with E-state index in [1.54, 1.807) is 4.90 Å². The molecule has 2 aliphatic heterocycles. The van der Waals surface area contributed by atoms with Gasteiger partial charge in [-0.05, 0) is 57.2 Å². The minimum Gasteiger partial charge on any atom is -0.444 e. The van der Waals surface area contributed by atoms with Gasteiger partial charge in [0, 0.05) is 26.1 Å². The number of likely N-dealkylation sites (tertiary alicyclic amines) is 1. The van der Waals surface area contributed by atoms with Crippen LogP contribution in [-0.2, 0) is 9.53 Å². The fourth-order valence-electron chi connectivity index (χ4n) is 3.66. The summed E-state index contributed by atoms with van der Waals surface area (Å²) in [6.07, 6.45) is 4.30. The van der Waals surface area contributed by atoms with Crippen molar-refractivity contribution in [3.8, 4) is 0 Å². The van der Waals surface area contributed by atoms with Gasteiger partial charge in [-0.2, -0.15) is 0 Å². The summed E-state index contributed by atoms with van der Waals surface area (Å²) in [5.41, 5.74) is 3.14. The lowest BCUT2D eigenvalue weighted by Gasteiger charge is -2.30. The highest BCUT2D eigenvalue weighted by molar-refractivity contribution is 5.78. The molecular formula is C22H30N2O3. The molecule has 5 heteroatoms. The van der Waals surface area contributed by atoms with Crippen molar-refractivity contribution in [2.45, 2.75) is 58.6 Å². The first-order chi connectivity index (χ1) is 12.7. The van der Waals surface area contributed by atoms with Crippen LogP contribution in [-0.4, -0.2) is 47.0 Å². The maximum Gasteiger partial charge on any atom is 0.410 e. The lowest BCUT2D eigenvalue weighted by Crippen LogP contribution is -2.39. The van der Waals surface area contributed by atoms with Crippen molar-refractivity contribution in [3.63, 3.8) is 0 Å². The van der Waals surface area contributed by atoms with Gasteiger partial charge in [-0.3, -0.25) is 4.79 Å². The zero-order chi connectivity index (χ0) is 19.6. The average molecular weight is 370 g/mol. The highest BCUT2D eigenvalue weighted by atomic mass is 16.6. The Morgan fingerprint density at radius 1 is 1.11 bits per heavy atom. The lowest BCUT2D eigenvalue weighted by molar-refractivity contribution is -0.129. The van der Waals surface area contributed by atoms with Gasteiger partial charge in [-0.1, -0.05) is 30.3 Å². The summed E-state index contributed by atoms with van der Waals surface area (Å²) in [5, 5.41) is 0. The van der Waals surface area contributed by atoms with Gasteiger partial charge in [0.1, 0.15) is 5.60 Å². The van der Waals surface area contributed by atoms with Gasteiger partial charge in [0.25, 0.3) is 0 Å². The predicted molar refractivity (Wildman–Crippen MR) is 106 cm³/mol. The summed E-state index contributed by atoms with van der Waals surface area (Å²) in [5.74, 6) is 0.254. The number of amides is 2. The van der Waals surface area contributed by atoms with Crippen LogP contribution in [0.1, 0.15) is 64.1 Å². The third kappa shape index (κ3) is 4.71. The molecule has 0 aliphatic carbocycles. The molecule has 1 atom stereocenters. The molecular weight excluding hydrogens is 340 g/mol. The van der Waals surface area contributed by atoms with E-state index in [9.17, 15) is 9.59 Å². The molecule has 0 spiro atoms. The molecule has 5 nitrogen and oxygen atoms in total. The fraction of sp³-hybridized carbons (Fsp3) is 0.545. The summed E-state index contributed by atoms with van der Waals surface area (Å²) >= 11 is 0. The van der Waals surface area contributed by atoms with E-state index in [4.69, 9.17) is 4.74 Å². The number of ether oxygens (including phenoxy) is 1. The monoisotopic (exact) mass is 370 g/mol. The van der Waals surface area contributed by atoms with E-state index < -0.39 is 5.60 Å². The van der Waals surface area contributed by atoms with Gasteiger partial charge in [0.05, 0.1) is 6.04 Å². The van der Waals surface area contributed by atoms with Crippen molar-refractivity contribution in [1.82, 2.24) is 9.80 Å². The summed E-state index contributed by atoms with van der Waals surface area (Å²) in [6, 6.07) is 8.61. The van der Waals surface area contributed by atoms with Crippen LogP contribution in [0.2, 0.25) is 0 Å². The molecule has 3 rings (SSSR count). The van der Waals surface area contributed by atoms with Gasteiger partial charge in [0.15, 0.2) is 0 Å². The SMILES string of the molecule is C[C@@H](c1ccc(C2=CCN(C(=O)OC(C)(C)C)CC2)cc1)N1CCCC1=O. The molecule has 1 saturated heterocycles. The second-order valence-corrected chi connectivity index (χ2v) is 8.39.